The molecule has 2 N–H and O–H groups in total. The topological polar surface area (TPSA) is 111 Å². The number of carbonyl (C=O) groups excluding carboxylic acids is 1. The monoisotopic (exact) mass is 388 g/mol. The summed E-state index contributed by atoms with van der Waals surface area (Å²) in [6, 6.07) is 16.5. The summed E-state index contributed by atoms with van der Waals surface area (Å²) in [5, 5.41) is 8.14. The highest BCUT2D eigenvalue weighted by molar-refractivity contribution is 5.94. The van der Waals surface area contributed by atoms with Crippen LogP contribution in [-0.4, -0.2) is 45.1 Å². The van der Waals surface area contributed by atoms with Gasteiger partial charge in [-0.2, -0.15) is 0 Å². The van der Waals surface area contributed by atoms with Crippen molar-refractivity contribution >= 4 is 11.7 Å². The molecule has 0 atom stereocenters. The van der Waals surface area contributed by atoms with Gasteiger partial charge in [-0.3, -0.25) is 4.79 Å². The summed E-state index contributed by atoms with van der Waals surface area (Å²) >= 11 is 0. The minimum Gasteiger partial charge on any atom is -0.414 e. The number of hydrogen-bond acceptors (Lipinski definition) is 7. The normalized spacial score (nSPS) is 10.7. The molecular weight excluding hydrogens is 368 g/mol. The van der Waals surface area contributed by atoms with Crippen molar-refractivity contribution in [1.29, 1.82) is 0 Å². The fraction of sp³-hybridized carbons (Fsp3) is 0.0952. The van der Waals surface area contributed by atoms with Crippen LogP contribution in [-0.2, 0) is 0 Å². The molecule has 0 saturated carbocycles. The Morgan fingerprint density at radius 3 is 2.34 bits per heavy atom. The summed E-state index contributed by atoms with van der Waals surface area (Å²) in [6.45, 7) is 0. The molecule has 2 aromatic carbocycles. The second-order valence-corrected chi connectivity index (χ2v) is 6.54. The van der Waals surface area contributed by atoms with E-state index in [1.807, 2.05) is 42.5 Å². The van der Waals surface area contributed by atoms with E-state index in [4.69, 9.17) is 10.2 Å². The van der Waals surface area contributed by atoms with Gasteiger partial charge >= 0.3 is 0 Å². The molecule has 0 bridgehead atoms. The maximum absolute atomic E-state index is 12.0. The van der Waals surface area contributed by atoms with Crippen LogP contribution < -0.4 is 5.73 Å². The molecule has 8 nitrogen and oxygen atoms in total. The largest absolute Gasteiger partial charge is 0.414 e. The first-order valence-electron chi connectivity index (χ1n) is 8.87. The highest BCUT2D eigenvalue weighted by Gasteiger charge is 2.17. The van der Waals surface area contributed by atoms with Crippen molar-refractivity contribution in [2.75, 3.05) is 19.8 Å². The molecule has 8 heteroatoms. The van der Waals surface area contributed by atoms with Gasteiger partial charge in [-0.05, 0) is 24.3 Å². The van der Waals surface area contributed by atoms with E-state index in [-0.39, 0.29) is 19.0 Å². The lowest BCUT2D eigenvalue weighted by atomic mass is 10.1. The van der Waals surface area contributed by atoms with Gasteiger partial charge in [0, 0.05) is 32.2 Å². The van der Waals surface area contributed by atoms with Crippen LogP contribution >= 0.6 is 0 Å². The Hall–Kier alpha value is -4.07. The van der Waals surface area contributed by atoms with Crippen LogP contribution in [0.15, 0.2) is 65.2 Å². The smallest absolute Gasteiger partial charge is 0.270 e. The number of benzene rings is 2. The molecular formula is C21H20N6O2. The first-order valence-corrected chi connectivity index (χ1v) is 8.87. The summed E-state index contributed by atoms with van der Waals surface area (Å²) in [5.74, 6) is 0.685. The maximum atomic E-state index is 12.0. The fourth-order valence-corrected chi connectivity index (χ4v) is 2.75. The van der Waals surface area contributed by atoms with Gasteiger partial charge in [0.1, 0.15) is 0 Å². The number of aromatic nitrogens is 4. The van der Waals surface area contributed by atoms with Crippen molar-refractivity contribution in [2.24, 2.45) is 0 Å². The molecule has 4 rings (SSSR count). The van der Waals surface area contributed by atoms with Gasteiger partial charge in [-0.15, -0.1) is 10.2 Å². The summed E-state index contributed by atoms with van der Waals surface area (Å²) in [5.41, 5.74) is 9.06. The third kappa shape index (κ3) is 3.68. The first-order chi connectivity index (χ1) is 14.0. The number of carbonyl (C=O) groups is 1. The van der Waals surface area contributed by atoms with Crippen molar-refractivity contribution in [3.63, 3.8) is 0 Å². The van der Waals surface area contributed by atoms with E-state index in [1.165, 1.54) is 4.90 Å². The zero-order valence-corrected chi connectivity index (χ0v) is 15.9. The van der Waals surface area contributed by atoms with Crippen LogP contribution in [0.25, 0.3) is 34.3 Å². The van der Waals surface area contributed by atoms with E-state index in [0.29, 0.717) is 22.8 Å². The number of hydrogen-bond donors (Lipinski definition) is 1. The molecule has 0 spiro atoms. The summed E-state index contributed by atoms with van der Waals surface area (Å²) in [4.78, 5) is 22.3. The lowest BCUT2D eigenvalue weighted by Gasteiger charge is -2.10. The van der Waals surface area contributed by atoms with E-state index in [9.17, 15) is 4.79 Å². The van der Waals surface area contributed by atoms with Crippen LogP contribution in [0.5, 0.6) is 0 Å². The first kappa shape index (κ1) is 18.3. The zero-order chi connectivity index (χ0) is 20.4. The minimum atomic E-state index is -0.0695. The van der Waals surface area contributed by atoms with Crippen LogP contribution in [0.2, 0.25) is 0 Å². The van der Waals surface area contributed by atoms with E-state index in [2.05, 4.69) is 20.2 Å². The third-order valence-corrected chi connectivity index (χ3v) is 4.28. The third-order valence-electron chi connectivity index (χ3n) is 4.28. The summed E-state index contributed by atoms with van der Waals surface area (Å²) < 4.78 is 5.75. The Morgan fingerprint density at radius 1 is 0.966 bits per heavy atom. The van der Waals surface area contributed by atoms with Gasteiger partial charge in [0.25, 0.3) is 11.8 Å². The molecule has 146 valence electrons. The van der Waals surface area contributed by atoms with Gasteiger partial charge in [0.15, 0.2) is 11.5 Å². The van der Waals surface area contributed by atoms with Crippen molar-refractivity contribution in [3.8, 4) is 34.3 Å². The number of nitrogen functional groups attached to an aromatic ring is 1. The number of anilines is 1. The van der Waals surface area contributed by atoms with Gasteiger partial charge < -0.3 is 15.1 Å². The summed E-state index contributed by atoms with van der Waals surface area (Å²) in [6.07, 6.45) is 1.57. The van der Waals surface area contributed by atoms with Crippen LogP contribution in [0.3, 0.4) is 0 Å². The predicted molar refractivity (Wildman–Crippen MR) is 111 cm³/mol. The second kappa shape index (κ2) is 7.51. The van der Waals surface area contributed by atoms with Crippen LogP contribution in [0.1, 0.15) is 11.8 Å². The van der Waals surface area contributed by atoms with E-state index in [1.54, 1.807) is 32.4 Å². The quantitative estimate of drug-likeness (QED) is 0.570. The molecule has 0 saturated heterocycles. The van der Waals surface area contributed by atoms with Crippen molar-refractivity contribution in [1.82, 2.24) is 25.1 Å². The lowest BCUT2D eigenvalue weighted by Crippen LogP contribution is -2.21. The molecule has 0 fully saturated rings. The average Bonchev–Trinajstić information content (AvgIpc) is 3.24. The Balaban J connectivity index is 0.00000256. The Morgan fingerprint density at radius 2 is 1.66 bits per heavy atom. The van der Waals surface area contributed by atoms with Crippen molar-refractivity contribution < 1.29 is 10.6 Å². The van der Waals surface area contributed by atoms with Gasteiger partial charge in [-0.25, -0.2) is 9.97 Å². The van der Waals surface area contributed by atoms with E-state index >= 15 is 0 Å². The van der Waals surface area contributed by atoms with Gasteiger partial charge in [-0.1, -0.05) is 30.3 Å². The number of rotatable bonds is 4. The SMILES string of the molecule is CN(C)C(=O)c1ccc(-c2cnc(N)c(-c3nnc(-c4ccccc4)o3)n2)cc1.[HH]. The van der Waals surface area contributed by atoms with Gasteiger partial charge in [0.05, 0.1) is 11.9 Å². The number of nitrogens with two attached hydrogens (primary N) is 1. The average molecular weight is 388 g/mol. The second-order valence-electron chi connectivity index (χ2n) is 6.54. The van der Waals surface area contributed by atoms with Crippen molar-refractivity contribution in [2.45, 2.75) is 0 Å². The molecule has 0 radical (unpaired) electrons. The zero-order valence-electron chi connectivity index (χ0n) is 15.9. The molecule has 0 aliphatic heterocycles. The Labute approximate surface area is 168 Å². The molecule has 0 aliphatic rings. The Bertz CT molecular complexity index is 1160. The lowest BCUT2D eigenvalue weighted by molar-refractivity contribution is 0.0827. The van der Waals surface area contributed by atoms with Gasteiger partial charge in [0.2, 0.25) is 5.89 Å². The molecule has 1 amide bonds. The molecule has 29 heavy (non-hydrogen) atoms. The maximum Gasteiger partial charge on any atom is 0.270 e. The van der Waals surface area contributed by atoms with E-state index < -0.39 is 0 Å². The highest BCUT2D eigenvalue weighted by Crippen LogP contribution is 2.27. The molecule has 4 aromatic rings. The number of nitrogens with zero attached hydrogens (tertiary/aromatic N) is 5. The molecule has 0 aliphatic carbocycles. The molecule has 0 unspecified atom stereocenters. The minimum absolute atomic E-state index is 0. The van der Waals surface area contributed by atoms with Crippen LogP contribution in [0.4, 0.5) is 5.82 Å². The predicted octanol–water partition coefficient (Wildman–Crippen LogP) is 3.39. The molecule has 2 heterocycles. The molecule has 2 aromatic heterocycles. The number of amides is 1. The fourth-order valence-electron chi connectivity index (χ4n) is 2.75. The summed E-state index contributed by atoms with van der Waals surface area (Å²) in [7, 11) is 3.42. The van der Waals surface area contributed by atoms with E-state index in [0.717, 1.165) is 11.1 Å². The Kier molecular flexibility index (Phi) is 4.74. The highest BCUT2D eigenvalue weighted by atomic mass is 16.4. The standard InChI is InChI=1S/C21H18N6O2.H2/c1-27(2)21(28)15-10-8-13(9-11-15)16-12-23-18(22)17(24-16)20-26-25-19(29-20)14-6-4-3-5-7-14;/h3-12H,1-2H3,(H2,22,23);1H. The van der Waals surface area contributed by atoms with Crippen molar-refractivity contribution in [3.05, 3.63) is 66.4 Å². The van der Waals surface area contributed by atoms with Crippen LogP contribution in [0, 0.1) is 0 Å².